The van der Waals surface area contributed by atoms with Gasteiger partial charge in [0, 0.05) is 12.3 Å². The van der Waals surface area contributed by atoms with E-state index >= 15 is 0 Å². The molecule has 112 valence electrons. The second kappa shape index (κ2) is 6.20. The van der Waals surface area contributed by atoms with Gasteiger partial charge in [-0.1, -0.05) is 37.3 Å². The fourth-order valence-electron chi connectivity index (χ4n) is 3.03. The van der Waals surface area contributed by atoms with E-state index in [2.05, 4.69) is 6.92 Å². The SMILES string of the molecule is CC1CSCC1N1C(=O)CN(Cc2ccccc2)CC1=O. The van der Waals surface area contributed by atoms with Crippen LogP contribution in [0.5, 0.6) is 0 Å². The van der Waals surface area contributed by atoms with Crippen molar-refractivity contribution in [3.05, 3.63) is 35.9 Å². The van der Waals surface area contributed by atoms with Crippen molar-refractivity contribution in [3.8, 4) is 0 Å². The average Bonchev–Trinajstić information content (AvgIpc) is 2.85. The Morgan fingerprint density at radius 3 is 2.33 bits per heavy atom. The molecule has 21 heavy (non-hydrogen) atoms. The Morgan fingerprint density at radius 1 is 1.10 bits per heavy atom. The van der Waals surface area contributed by atoms with E-state index < -0.39 is 0 Å². The molecule has 2 saturated heterocycles. The Hall–Kier alpha value is -1.33. The first-order valence-electron chi connectivity index (χ1n) is 7.34. The summed E-state index contributed by atoms with van der Waals surface area (Å²) in [6.07, 6.45) is 0. The molecule has 2 fully saturated rings. The first-order valence-corrected chi connectivity index (χ1v) is 8.49. The number of rotatable bonds is 3. The summed E-state index contributed by atoms with van der Waals surface area (Å²) in [7, 11) is 0. The van der Waals surface area contributed by atoms with Crippen LogP contribution in [0, 0.1) is 5.92 Å². The molecular weight excluding hydrogens is 284 g/mol. The Balaban J connectivity index is 1.67. The molecule has 0 N–H and O–H groups in total. The number of hydrogen-bond acceptors (Lipinski definition) is 4. The molecule has 2 atom stereocenters. The molecule has 3 rings (SSSR count). The molecule has 0 aromatic heterocycles. The number of hydrogen-bond donors (Lipinski definition) is 0. The molecule has 0 spiro atoms. The number of piperazine rings is 1. The molecule has 4 nitrogen and oxygen atoms in total. The number of thioether (sulfide) groups is 1. The van der Waals surface area contributed by atoms with E-state index in [1.807, 2.05) is 47.0 Å². The predicted molar refractivity (Wildman–Crippen MR) is 83.8 cm³/mol. The minimum absolute atomic E-state index is 0.0402. The molecule has 2 aliphatic heterocycles. The lowest BCUT2D eigenvalue weighted by atomic mass is 10.0. The van der Waals surface area contributed by atoms with Crippen LogP contribution in [0.15, 0.2) is 30.3 Å². The molecule has 2 aliphatic rings. The van der Waals surface area contributed by atoms with Gasteiger partial charge in [0.2, 0.25) is 11.8 Å². The van der Waals surface area contributed by atoms with Gasteiger partial charge in [0.05, 0.1) is 19.1 Å². The molecular formula is C16H20N2O2S. The van der Waals surface area contributed by atoms with Crippen LogP contribution in [0.25, 0.3) is 0 Å². The highest BCUT2D eigenvalue weighted by molar-refractivity contribution is 7.99. The molecule has 5 heteroatoms. The standard InChI is InChI=1S/C16H20N2O2S/c1-12-10-21-11-14(12)18-15(19)8-17(9-16(18)20)7-13-5-3-2-4-6-13/h2-6,12,14H,7-11H2,1H3. The van der Waals surface area contributed by atoms with Crippen LogP contribution >= 0.6 is 11.8 Å². The van der Waals surface area contributed by atoms with Gasteiger partial charge in [-0.15, -0.1) is 0 Å². The van der Waals surface area contributed by atoms with Crippen LogP contribution in [0.3, 0.4) is 0 Å². The van der Waals surface area contributed by atoms with Gasteiger partial charge >= 0.3 is 0 Å². The van der Waals surface area contributed by atoms with E-state index in [0.717, 1.165) is 17.1 Å². The maximum Gasteiger partial charge on any atom is 0.243 e. The number of amides is 2. The molecule has 0 saturated carbocycles. The van der Waals surface area contributed by atoms with Crippen molar-refractivity contribution in [2.75, 3.05) is 24.6 Å². The zero-order chi connectivity index (χ0) is 14.8. The minimum atomic E-state index is -0.0402. The van der Waals surface area contributed by atoms with Crippen molar-refractivity contribution >= 4 is 23.6 Å². The fourth-order valence-corrected chi connectivity index (χ4v) is 4.48. The van der Waals surface area contributed by atoms with Crippen LogP contribution < -0.4 is 0 Å². The molecule has 0 aliphatic carbocycles. The second-order valence-corrected chi connectivity index (χ2v) is 6.95. The van der Waals surface area contributed by atoms with Crippen LogP contribution in [0.1, 0.15) is 12.5 Å². The van der Waals surface area contributed by atoms with Crippen molar-refractivity contribution in [1.29, 1.82) is 0 Å². The maximum absolute atomic E-state index is 12.4. The summed E-state index contributed by atoms with van der Waals surface area (Å²) in [4.78, 5) is 28.3. The van der Waals surface area contributed by atoms with E-state index in [0.29, 0.717) is 25.6 Å². The zero-order valence-corrected chi connectivity index (χ0v) is 13.0. The third kappa shape index (κ3) is 3.14. The van der Waals surface area contributed by atoms with Gasteiger partial charge in [0.25, 0.3) is 0 Å². The summed E-state index contributed by atoms with van der Waals surface area (Å²) in [5.41, 5.74) is 1.14. The number of carbonyl (C=O) groups excluding carboxylic acids is 2. The van der Waals surface area contributed by atoms with Gasteiger partial charge in [0.1, 0.15) is 0 Å². The van der Waals surface area contributed by atoms with Crippen molar-refractivity contribution in [2.45, 2.75) is 19.5 Å². The Bertz CT molecular complexity index is 516. The summed E-state index contributed by atoms with van der Waals surface area (Å²) in [6, 6.07) is 10.1. The van der Waals surface area contributed by atoms with Crippen molar-refractivity contribution in [1.82, 2.24) is 9.80 Å². The quantitative estimate of drug-likeness (QED) is 0.796. The highest BCUT2D eigenvalue weighted by atomic mass is 32.2. The molecule has 1 aromatic carbocycles. The third-order valence-electron chi connectivity index (χ3n) is 4.16. The van der Waals surface area contributed by atoms with Crippen molar-refractivity contribution in [2.24, 2.45) is 5.92 Å². The van der Waals surface area contributed by atoms with Gasteiger partial charge in [-0.2, -0.15) is 11.8 Å². The topological polar surface area (TPSA) is 40.6 Å². The van der Waals surface area contributed by atoms with Gasteiger partial charge in [-0.25, -0.2) is 0 Å². The molecule has 1 aromatic rings. The number of carbonyl (C=O) groups is 2. The first-order chi connectivity index (χ1) is 10.1. The van der Waals surface area contributed by atoms with Gasteiger partial charge in [-0.3, -0.25) is 19.4 Å². The Labute approximate surface area is 129 Å². The van der Waals surface area contributed by atoms with Gasteiger partial charge in [-0.05, 0) is 17.2 Å². The number of benzene rings is 1. The highest BCUT2D eigenvalue weighted by Crippen LogP contribution is 2.29. The van der Waals surface area contributed by atoms with E-state index in [9.17, 15) is 9.59 Å². The zero-order valence-electron chi connectivity index (χ0n) is 12.2. The molecule has 0 radical (unpaired) electrons. The van der Waals surface area contributed by atoms with Crippen molar-refractivity contribution in [3.63, 3.8) is 0 Å². The highest BCUT2D eigenvalue weighted by Gasteiger charge is 2.40. The summed E-state index contributed by atoms with van der Waals surface area (Å²) < 4.78 is 0. The number of imide groups is 1. The summed E-state index contributed by atoms with van der Waals surface area (Å²) in [5, 5.41) is 0. The number of nitrogens with zero attached hydrogens (tertiary/aromatic N) is 2. The smallest absolute Gasteiger partial charge is 0.243 e. The normalized spacial score (nSPS) is 27.4. The Kier molecular flexibility index (Phi) is 4.31. The predicted octanol–water partition coefficient (Wildman–Crippen LogP) is 1.61. The van der Waals surface area contributed by atoms with Gasteiger partial charge < -0.3 is 0 Å². The lowest BCUT2D eigenvalue weighted by molar-refractivity contribution is -0.154. The first kappa shape index (κ1) is 14.6. The summed E-state index contributed by atoms with van der Waals surface area (Å²) in [5.74, 6) is 2.25. The van der Waals surface area contributed by atoms with Crippen LogP contribution in [-0.2, 0) is 16.1 Å². The van der Waals surface area contributed by atoms with Crippen LogP contribution in [0.4, 0.5) is 0 Å². The van der Waals surface area contributed by atoms with Crippen LogP contribution in [-0.4, -0.2) is 52.3 Å². The lowest BCUT2D eigenvalue weighted by Gasteiger charge is -2.37. The maximum atomic E-state index is 12.4. The fraction of sp³-hybridized carbons (Fsp3) is 0.500. The van der Waals surface area contributed by atoms with Crippen LogP contribution in [0.2, 0.25) is 0 Å². The second-order valence-electron chi connectivity index (χ2n) is 5.87. The van der Waals surface area contributed by atoms with E-state index in [1.54, 1.807) is 0 Å². The summed E-state index contributed by atoms with van der Waals surface area (Å²) in [6.45, 7) is 3.46. The summed E-state index contributed by atoms with van der Waals surface area (Å²) >= 11 is 1.83. The molecule has 2 heterocycles. The molecule has 2 unspecified atom stereocenters. The van der Waals surface area contributed by atoms with E-state index in [-0.39, 0.29) is 17.9 Å². The molecule has 2 amide bonds. The Morgan fingerprint density at radius 2 is 1.76 bits per heavy atom. The largest absolute Gasteiger partial charge is 0.281 e. The van der Waals surface area contributed by atoms with E-state index in [1.165, 1.54) is 4.90 Å². The molecule has 0 bridgehead atoms. The van der Waals surface area contributed by atoms with Gasteiger partial charge in [0.15, 0.2) is 0 Å². The monoisotopic (exact) mass is 304 g/mol. The average molecular weight is 304 g/mol. The lowest BCUT2D eigenvalue weighted by Crippen LogP contribution is -2.58. The third-order valence-corrected chi connectivity index (χ3v) is 5.50. The van der Waals surface area contributed by atoms with E-state index in [4.69, 9.17) is 0 Å². The minimum Gasteiger partial charge on any atom is -0.281 e. The van der Waals surface area contributed by atoms with Crippen molar-refractivity contribution < 1.29 is 9.59 Å².